The molecule has 2 rings (SSSR count). The van der Waals surface area contributed by atoms with Crippen LogP contribution in [-0.4, -0.2) is 10.8 Å². The highest BCUT2D eigenvalue weighted by Crippen LogP contribution is 2.16. The van der Waals surface area contributed by atoms with Gasteiger partial charge in [0.15, 0.2) is 0 Å². The summed E-state index contributed by atoms with van der Waals surface area (Å²) in [6.07, 6.45) is 3.90. The van der Waals surface area contributed by atoms with Gasteiger partial charge in [-0.15, -0.1) is 0 Å². The van der Waals surface area contributed by atoms with Crippen LogP contribution in [0.25, 0.3) is 10.9 Å². The van der Waals surface area contributed by atoms with Crippen molar-refractivity contribution in [3.8, 4) is 6.19 Å². The lowest BCUT2D eigenvalue weighted by molar-refractivity contribution is 1.28. The fraction of sp³-hybridized carbons (Fsp3) is 0.0833. The summed E-state index contributed by atoms with van der Waals surface area (Å²) in [5.41, 5.74) is 7.57. The lowest BCUT2D eigenvalue weighted by atomic mass is 10.1. The molecule has 0 aliphatic carbocycles. The third kappa shape index (κ3) is 1.98. The minimum atomic E-state index is 0.318. The number of hydrogen-bond acceptors (Lipinski definition) is 3. The van der Waals surface area contributed by atoms with Crippen LogP contribution in [0.3, 0.4) is 0 Å². The summed E-state index contributed by atoms with van der Waals surface area (Å²) >= 11 is 0. The maximum atomic E-state index is 8.40. The second kappa shape index (κ2) is 4.41. The van der Waals surface area contributed by atoms with Gasteiger partial charge in [0.2, 0.25) is 6.19 Å². The van der Waals surface area contributed by atoms with Crippen LogP contribution in [0.1, 0.15) is 5.56 Å². The molecule has 0 bridgehead atoms. The van der Waals surface area contributed by atoms with E-state index < -0.39 is 0 Å². The summed E-state index contributed by atoms with van der Waals surface area (Å²) in [6.45, 7) is 0. The second-order valence-corrected chi connectivity index (χ2v) is 3.37. The Balaban J connectivity index is 2.46. The van der Waals surface area contributed by atoms with Crippen LogP contribution in [0.2, 0.25) is 0 Å². The highest BCUT2D eigenvalue weighted by molar-refractivity contribution is 5.90. The minimum Gasteiger partial charge on any atom is -0.386 e. The van der Waals surface area contributed by atoms with Gasteiger partial charge in [0.1, 0.15) is 5.84 Å². The van der Waals surface area contributed by atoms with Crippen LogP contribution in [-0.2, 0) is 6.42 Å². The molecule has 4 heteroatoms. The standard InChI is InChI=1S/C12H10N4/c13-8-16-12(14)7-9-3-1-5-11-10(9)4-2-6-15-11/h1-6H,7H2,(H2,14,16). The van der Waals surface area contributed by atoms with Crippen LogP contribution in [0.5, 0.6) is 0 Å². The van der Waals surface area contributed by atoms with E-state index >= 15 is 0 Å². The lowest BCUT2D eigenvalue weighted by Crippen LogP contribution is -2.14. The molecular weight excluding hydrogens is 200 g/mol. The molecule has 4 nitrogen and oxygen atoms in total. The van der Waals surface area contributed by atoms with Gasteiger partial charge < -0.3 is 5.73 Å². The molecule has 0 radical (unpaired) electrons. The summed E-state index contributed by atoms with van der Waals surface area (Å²) < 4.78 is 0. The van der Waals surface area contributed by atoms with Gasteiger partial charge in [-0.2, -0.15) is 10.3 Å². The zero-order chi connectivity index (χ0) is 11.4. The number of nitrogens with two attached hydrogens (primary N) is 1. The van der Waals surface area contributed by atoms with Crippen molar-refractivity contribution in [2.24, 2.45) is 10.7 Å². The zero-order valence-corrected chi connectivity index (χ0v) is 8.59. The van der Waals surface area contributed by atoms with Gasteiger partial charge in [-0.3, -0.25) is 4.98 Å². The van der Waals surface area contributed by atoms with Crippen LogP contribution < -0.4 is 5.73 Å². The molecule has 2 aromatic rings. The van der Waals surface area contributed by atoms with Crippen molar-refractivity contribution in [1.82, 2.24) is 4.98 Å². The highest BCUT2D eigenvalue weighted by atomic mass is 14.8. The number of fused-ring (bicyclic) bond motifs is 1. The first kappa shape index (κ1) is 10.1. The predicted molar refractivity (Wildman–Crippen MR) is 62.7 cm³/mol. The first-order chi connectivity index (χ1) is 7.81. The van der Waals surface area contributed by atoms with Gasteiger partial charge in [0.05, 0.1) is 5.52 Å². The first-order valence-corrected chi connectivity index (χ1v) is 4.85. The van der Waals surface area contributed by atoms with Crippen LogP contribution >= 0.6 is 0 Å². The van der Waals surface area contributed by atoms with E-state index in [1.807, 2.05) is 30.3 Å². The summed E-state index contributed by atoms with van der Waals surface area (Å²) in [5, 5.41) is 9.44. The number of aliphatic imine (C=N–C) groups is 1. The Kier molecular flexibility index (Phi) is 2.79. The Hall–Kier alpha value is -2.41. The molecule has 0 aliphatic heterocycles. The van der Waals surface area contributed by atoms with Crippen molar-refractivity contribution in [3.05, 3.63) is 42.1 Å². The van der Waals surface area contributed by atoms with Gasteiger partial charge in [-0.1, -0.05) is 18.2 Å². The van der Waals surface area contributed by atoms with Crippen LogP contribution in [0.4, 0.5) is 0 Å². The molecule has 1 heterocycles. The molecule has 0 fully saturated rings. The van der Waals surface area contributed by atoms with Crippen molar-refractivity contribution < 1.29 is 0 Å². The third-order valence-corrected chi connectivity index (χ3v) is 2.30. The number of amidine groups is 1. The summed E-state index contributed by atoms with van der Waals surface area (Å²) in [5.74, 6) is 0.318. The number of hydrogen-bond donors (Lipinski definition) is 1. The Bertz CT molecular complexity index is 576. The number of pyridine rings is 1. The van der Waals surface area contributed by atoms with Crippen molar-refractivity contribution in [3.63, 3.8) is 0 Å². The van der Waals surface area contributed by atoms with E-state index in [-0.39, 0.29) is 0 Å². The van der Waals surface area contributed by atoms with Crippen molar-refractivity contribution in [2.75, 3.05) is 0 Å². The Morgan fingerprint density at radius 3 is 3.06 bits per heavy atom. The summed E-state index contributed by atoms with van der Waals surface area (Å²) in [4.78, 5) is 7.76. The fourth-order valence-corrected chi connectivity index (χ4v) is 1.62. The molecule has 0 atom stereocenters. The smallest absolute Gasteiger partial charge is 0.207 e. The fourth-order valence-electron chi connectivity index (χ4n) is 1.62. The molecule has 1 aromatic heterocycles. The molecule has 1 aromatic carbocycles. The maximum absolute atomic E-state index is 8.40. The zero-order valence-electron chi connectivity index (χ0n) is 8.59. The van der Waals surface area contributed by atoms with Gasteiger partial charge >= 0.3 is 0 Å². The number of nitriles is 1. The number of rotatable bonds is 2. The molecule has 78 valence electrons. The monoisotopic (exact) mass is 210 g/mol. The lowest BCUT2D eigenvalue weighted by Gasteiger charge is -2.04. The SMILES string of the molecule is N#C/N=C(/N)Cc1cccc2ncccc12. The maximum Gasteiger partial charge on any atom is 0.207 e. The molecular formula is C12H10N4. The average molecular weight is 210 g/mol. The summed E-state index contributed by atoms with van der Waals surface area (Å²) in [7, 11) is 0. The molecule has 0 amide bonds. The second-order valence-electron chi connectivity index (χ2n) is 3.37. The Labute approximate surface area is 93.1 Å². The normalized spacial score (nSPS) is 11.3. The molecule has 2 N–H and O–H groups in total. The molecule has 0 aliphatic rings. The summed E-state index contributed by atoms with van der Waals surface area (Å²) in [6, 6.07) is 9.69. The number of benzene rings is 1. The first-order valence-electron chi connectivity index (χ1n) is 4.85. The van der Waals surface area contributed by atoms with Crippen LogP contribution in [0.15, 0.2) is 41.5 Å². The van der Waals surface area contributed by atoms with E-state index in [1.165, 1.54) is 0 Å². The van der Waals surface area contributed by atoms with Gasteiger partial charge in [-0.25, -0.2) is 0 Å². The molecule has 0 unspecified atom stereocenters. The van der Waals surface area contributed by atoms with E-state index in [2.05, 4.69) is 9.98 Å². The van der Waals surface area contributed by atoms with E-state index in [0.29, 0.717) is 12.3 Å². The predicted octanol–water partition coefficient (Wildman–Crippen LogP) is 1.62. The average Bonchev–Trinajstić information content (AvgIpc) is 2.30. The van der Waals surface area contributed by atoms with Crippen molar-refractivity contribution in [1.29, 1.82) is 5.26 Å². The molecule has 0 saturated heterocycles. The number of aromatic nitrogens is 1. The Morgan fingerprint density at radius 2 is 2.25 bits per heavy atom. The van der Waals surface area contributed by atoms with E-state index in [4.69, 9.17) is 11.0 Å². The minimum absolute atomic E-state index is 0.318. The molecule has 0 spiro atoms. The van der Waals surface area contributed by atoms with E-state index in [1.54, 1.807) is 12.4 Å². The number of nitrogens with zero attached hydrogens (tertiary/aromatic N) is 3. The van der Waals surface area contributed by atoms with E-state index in [9.17, 15) is 0 Å². The van der Waals surface area contributed by atoms with Crippen LogP contribution in [0, 0.1) is 11.5 Å². The largest absolute Gasteiger partial charge is 0.386 e. The van der Waals surface area contributed by atoms with Gasteiger partial charge in [-0.05, 0) is 17.7 Å². The van der Waals surface area contributed by atoms with E-state index in [0.717, 1.165) is 16.5 Å². The van der Waals surface area contributed by atoms with Crippen molar-refractivity contribution in [2.45, 2.75) is 6.42 Å². The highest BCUT2D eigenvalue weighted by Gasteiger charge is 2.02. The van der Waals surface area contributed by atoms with Gasteiger partial charge in [0, 0.05) is 18.0 Å². The van der Waals surface area contributed by atoms with Gasteiger partial charge in [0.25, 0.3) is 0 Å². The topological polar surface area (TPSA) is 75.1 Å². The molecule has 0 saturated carbocycles. The third-order valence-electron chi connectivity index (χ3n) is 2.30. The molecule has 16 heavy (non-hydrogen) atoms. The van der Waals surface area contributed by atoms with Crippen molar-refractivity contribution >= 4 is 16.7 Å². The Morgan fingerprint density at radius 1 is 1.38 bits per heavy atom. The quantitative estimate of drug-likeness (QED) is 0.465.